The third-order valence-corrected chi connectivity index (χ3v) is 4.74. The Morgan fingerprint density at radius 3 is 2.72 bits per heavy atom. The number of aromatic nitrogens is 4. The highest BCUT2D eigenvalue weighted by Crippen LogP contribution is 2.30. The minimum absolute atomic E-state index is 0.491. The van der Waals surface area contributed by atoms with Gasteiger partial charge in [-0.25, -0.2) is 4.98 Å². The van der Waals surface area contributed by atoms with Gasteiger partial charge in [0.2, 0.25) is 4.77 Å². The number of hydrogen-bond acceptors (Lipinski definition) is 5. The topological polar surface area (TPSA) is 57.4 Å². The first-order chi connectivity index (χ1) is 8.74. The molecule has 18 heavy (non-hydrogen) atoms. The van der Waals surface area contributed by atoms with Gasteiger partial charge in [0.15, 0.2) is 5.82 Å². The second-order valence-electron chi connectivity index (χ2n) is 3.79. The van der Waals surface area contributed by atoms with E-state index < -0.39 is 0 Å². The minimum Gasteiger partial charge on any atom is -0.281 e. The van der Waals surface area contributed by atoms with E-state index in [0.717, 1.165) is 40.7 Å². The third-order valence-electron chi connectivity index (χ3n) is 2.37. The van der Waals surface area contributed by atoms with E-state index in [0.29, 0.717) is 4.77 Å². The summed E-state index contributed by atoms with van der Waals surface area (Å²) in [5.41, 5.74) is 1.13. The van der Waals surface area contributed by atoms with Crippen LogP contribution in [0.15, 0.2) is 0 Å². The molecule has 2 aromatic heterocycles. The van der Waals surface area contributed by atoms with Crippen molar-refractivity contribution in [3.05, 3.63) is 15.5 Å². The van der Waals surface area contributed by atoms with Crippen LogP contribution in [-0.4, -0.2) is 25.9 Å². The van der Waals surface area contributed by atoms with Gasteiger partial charge in [-0.2, -0.15) is 16.7 Å². The molecule has 7 heteroatoms. The van der Waals surface area contributed by atoms with Crippen molar-refractivity contribution in [3.8, 4) is 10.7 Å². The highest BCUT2D eigenvalue weighted by Gasteiger charge is 2.14. The van der Waals surface area contributed by atoms with Gasteiger partial charge in [-0.15, -0.1) is 11.3 Å². The van der Waals surface area contributed by atoms with E-state index in [1.54, 1.807) is 11.3 Å². The Bertz CT molecular complexity index is 555. The summed E-state index contributed by atoms with van der Waals surface area (Å²) in [6.45, 7) is 4.33. The molecule has 0 saturated heterocycles. The smallest absolute Gasteiger partial charge is 0.213 e. The SMILES string of the molecule is CCCc1nc(CSCC)sc1-c1nc(=S)[nH][nH]1. The Balaban J connectivity index is 2.31. The van der Waals surface area contributed by atoms with Crippen LogP contribution in [0, 0.1) is 4.77 Å². The number of aromatic amines is 2. The zero-order valence-electron chi connectivity index (χ0n) is 10.4. The van der Waals surface area contributed by atoms with E-state index in [9.17, 15) is 0 Å². The minimum atomic E-state index is 0.491. The summed E-state index contributed by atoms with van der Waals surface area (Å²) >= 11 is 8.60. The number of nitrogens with zero attached hydrogens (tertiary/aromatic N) is 2. The fourth-order valence-corrected chi connectivity index (χ4v) is 3.54. The Labute approximate surface area is 120 Å². The van der Waals surface area contributed by atoms with Crippen LogP contribution in [0.1, 0.15) is 31.0 Å². The molecule has 0 saturated carbocycles. The molecular weight excluding hydrogens is 284 g/mol. The summed E-state index contributed by atoms with van der Waals surface area (Å²) in [4.78, 5) is 10.1. The van der Waals surface area contributed by atoms with Gasteiger partial charge in [-0.05, 0) is 24.4 Å². The molecule has 0 radical (unpaired) electrons. The quantitative estimate of drug-likeness (QED) is 0.797. The lowest BCUT2D eigenvalue weighted by Gasteiger charge is -1.95. The number of thioether (sulfide) groups is 1. The Morgan fingerprint density at radius 1 is 1.28 bits per heavy atom. The number of H-pyrrole nitrogens is 2. The van der Waals surface area contributed by atoms with Crippen LogP contribution in [0.4, 0.5) is 0 Å². The van der Waals surface area contributed by atoms with E-state index in [-0.39, 0.29) is 0 Å². The summed E-state index contributed by atoms with van der Waals surface area (Å²) in [5.74, 6) is 2.90. The van der Waals surface area contributed by atoms with E-state index in [2.05, 4.69) is 29.0 Å². The molecule has 0 aliphatic heterocycles. The lowest BCUT2D eigenvalue weighted by Crippen LogP contribution is -1.89. The van der Waals surface area contributed by atoms with Gasteiger partial charge < -0.3 is 0 Å². The predicted octanol–water partition coefficient (Wildman–Crippen LogP) is 3.80. The molecule has 0 bridgehead atoms. The van der Waals surface area contributed by atoms with Gasteiger partial charge in [-0.3, -0.25) is 10.2 Å². The summed E-state index contributed by atoms with van der Waals surface area (Å²) in [6.07, 6.45) is 2.07. The number of hydrogen-bond donors (Lipinski definition) is 2. The molecule has 4 nitrogen and oxygen atoms in total. The van der Waals surface area contributed by atoms with Crippen LogP contribution in [-0.2, 0) is 12.2 Å². The van der Waals surface area contributed by atoms with Gasteiger partial charge in [0.05, 0.1) is 10.6 Å². The molecule has 0 spiro atoms. The molecule has 2 heterocycles. The zero-order chi connectivity index (χ0) is 13.0. The molecule has 0 atom stereocenters. The van der Waals surface area contributed by atoms with Gasteiger partial charge in [-0.1, -0.05) is 20.3 Å². The number of rotatable bonds is 6. The van der Waals surface area contributed by atoms with Crippen molar-refractivity contribution in [1.29, 1.82) is 0 Å². The second kappa shape index (κ2) is 6.49. The Kier molecular flexibility index (Phi) is 4.96. The fourth-order valence-electron chi connectivity index (χ4n) is 1.62. The monoisotopic (exact) mass is 300 g/mol. The molecule has 2 rings (SSSR count). The molecule has 0 unspecified atom stereocenters. The number of aryl methyl sites for hydroxylation is 1. The predicted molar refractivity (Wildman–Crippen MR) is 80.7 cm³/mol. The number of nitrogens with one attached hydrogen (secondary N) is 2. The Morgan fingerprint density at radius 2 is 2.11 bits per heavy atom. The van der Waals surface area contributed by atoms with E-state index in [1.807, 2.05) is 11.8 Å². The third kappa shape index (κ3) is 3.21. The molecule has 0 aliphatic carbocycles. The summed E-state index contributed by atoms with van der Waals surface area (Å²) in [7, 11) is 0. The lowest BCUT2D eigenvalue weighted by molar-refractivity contribution is 0.886. The van der Waals surface area contributed by atoms with Crippen molar-refractivity contribution in [3.63, 3.8) is 0 Å². The molecule has 98 valence electrons. The maximum Gasteiger partial charge on any atom is 0.213 e. The first-order valence-corrected chi connectivity index (χ1v) is 8.33. The maximum absolute atomic E-state index is 5.00. The van der Waals surface area contributed by atoms with E-state index in [1.165, 1.54) is 5.01 Å². The van der Waals surface area contributed by atoms with Crippen LogP contribution in [0.3, 0.4) is 0 Å². The van der Waals surface area contributed by atoms with Crippen molar-refractivity contribution in [1.82, 2.24) is 20.2 Å². The van der Waals surface area contributed by atoms with Crippen molar-refractivity contribution in [2.45, 2.75) is 32.4 Å². The van der Waals surface area contributed by atoms with Crippen LogP contribution < -0.4 is 0 Å². The zero-order valence-corrected chi connectivity index (χ0v) is 12.9. The molecular formula is C11H16N4S3. The summed E-state index contributed by atoms with van der Waals surface area (Å²) in [5, 5.41) is 7.02. The standard InChI is InChI=1S/C11H16N4S3/c1-3-5-7-9(10-13-11(16)15-14-10)18-8(12-7)6-17-4-2/h3-6H2,1-2H3,(H2,13,14,15,16). The van der Waals surface area contributed by atoms with Gasteiger partial charge in [0.25, 0.3) is 0 Å². The van der Waals surface area contributed by atoms with Crippen LogP contribution in [0.2, 0.25) is 0 Å². The van der Waals surface area contributed by atoms with E-state index >= 15 is 0 Å². The normalized spacial score (nSPS) is 11.0. The molecule has 2 N–H and O–H groups in total. The summed E-state index contributed by atoms with van der Waals surface area (Å²) in [6, 6.07) is 0. The van der Waals surface area contributed by atoms with Crippen molar-refractivity contribution >= 4 is 35.3 Å². The lowest BCUT2D eigenvalue weighted by atomic mass is 10.2. The van der Waals surface area contributed by atoms with Gasteiger partial charge in [0, 0.05) is 5.75 Å². The average Bonchev–Trinajstić information content (AvgIpc) is 2.93. The largest absolute Gasteiger partial charge is 0.281 e. The number of thiazole rings is 1. The van der Waals surface area contributed by atoms with Crippen LogP contribution in [0.5, 0.6) is 0 Å². The van der Waals surface area contributed by atoms with E-state index in [4.69, 9.17) is 17.2 Å². The first-order valence-electron chi connectivity index (χ1n) is 5.96. The van der Waals surface area contributed by atoms with Crippen LogP contribution >= 0.6 is 35.3 Å². The molecule has 0 aliphatic rings. The molecule has 0 aromatic carbocycles. The maximum atomic E-state index is 5.00. The van der Waals surface area contributed by atoms with Gasteiger partial charge in [0.1, 0.15) is 5.01 Å². The first kappa shape index (κ1) is 13.8. The molecule has 0 amide bonds. The Hall–Kier alpha value is -0.660. The fraction of sp³-hybridized carbons (Fsp3) is 0.545. The van der Waals surface area contributed by atoms with Crippen molar-refractivity contribution in [2.75, 3.05) is 5.75 Å². The average molecular weight is 300 g/mol. The van der Waals surface area contributed by atoms with Gasteiger partial charge >= 0.3 is 0 Å². The van der Waals surface area contributed by atoms with Crippen molar-refractivity contribution in [2.24, 2.45) is 0 Å². The molecule has 2 aromatic rings. The van der Waals surface area contributed by atoms with Crippen LogP contribution in [0.25, 0.3) is 10.7 Å². The molecule has 0 fully saturated rings. The van der Waals surface area contributed by atoms with Crippen molar-refractivity contribution < 1.29 is 0 Å². The summed E-state index contributed by atoms with van der Waals surface area (Å²) < 4.78 is 0.491. The highest BCUT2D eigenvalue weighted by atomic mass is 32.2. The second-order valence-corrected chi connectivity index (χ2v) is 6.53. The highest BCUT2D eigenvalue weighted by molar-refractivity contribution is 7.98.